The summed E-state index contributed by atoms with van der Waals surface area (Å²) in [6, 6.07) is 6.00. The molecule has 25 heavy (non-hydrogen) atoms. The molecule has 0 saturated heterocycles. The lowest BCUT2D eigenvalue weighted by Gasteiger charge is -2.08. The number of esters is 1. The van der Waals surface area contributed by atoms with Gasteiger partial charge in [0, 0.05) is 17.7 Å². The molecule has 132 valence electrons. The maximum Gasteiger partial charge on any atom is 0.315 e. The molecule has 0 aliphatic carbocycles. The monoisotopic (exact) mass is 382 g/mol. The normalized spacial score (nSPS) is 11.6. The number of hydrogen-bond donors (Lipinski definition) is 1. The average molecular weight is 382 g/mol. The Bertz CT molecular complexity index is 795. The van der Waals surface area contributed by atoms with Gasteiger partial charge in [0.2, 0.25) is 11.0 Å². The van der Waals surface area contributed by atoms with Crippen LogP contribution in [0.3, 0.4) is 0 Å². The Labute approximate surface area is 150 Å². The molecule has 1 aromatic heterocycles. The Balaban J connectivity index is 2.01. The van der Waals surface area contributed by atoms with E-state index in [1.807, 2.05) is 0 Å². The van der Waals surface area contributed by atoms with E-state index in [1.54, 1.807) is 19.1 Å². The van der Waals surface area contributed by atoms with Crippen LogP contribution in [0.15, 0.2) is 24.3 Å². The van der Waals surface area contributed by atoms with Crippen molar-refractivity contribution in [1.29, 1.82) is 0 Å². The van der Waals surface area contributed by atoms with Crippen molar-refractivity contribution < 1.29 is 19.2 Å². The maximum atomic E-state index is 12.1. The van der Waals surface area contributed by atoms with Gasteiger partial charge in [0.1, 0.15) is 5.01 Å². The highest BCUT2D eigenvalue weighted by atomic mass is 32.2. The number of non-ortho nitro benzene ring substituents is 1. The fraction of sp³-hybridized carbons (Fsp3) is 0.286. The second-order valence-corrected chi connectivity index (χ2v) is 7.05. The van der Waals surface area contributed by atoms with Gasteiger partial charge < -0.3 is 4.74 Å². The molecule has 2 aromatic rings. The maximum absolute atomic E-state index is 12.1. The number of amides is 1. The number of ether oxygens (including phenoxy) is 1. The molecule has 1 amide bonds. The number of thioether (sulfide) groups is 1. The quantitative estimate of drug-likeness (QED) is 0.439. The Morgan fingerprint density at radius 2 is 2.20 bits per heavy atom. The Hall–Kier alpha value is -2.53. The minimum absolute atomic E-state index is 0.0499. The summed E-state index contributed by atoms with van der Waals surface area (Å²) in [6.07, 6.45) is 0. The standard InChI is InChI=1S/C14H14N4O5S2/c1-8(24-7-11(19)23-2)12(20)15-14-17-16-13(25-14)9-4-3-5-10(6-9)18(21)22/h3-6,8H,7H2,1-2H3,(H,15,17,20). The molecule has 1 heterocycles. The molecule has 0 spiro atoms. The number of carbonyl (C=O) groups is 2. The van der Waals surface area contributed by atoms with Crippen LogP contribution in [0, 0.1) is 10.1 Å². The minimum Gasteiger partial charge on any atom is -0.468 e. The van der Waals surface area contributed by atoms with Gasteiger partial charge in [-0.1, -0.05) is 23.5 Å². The van der Waals surface area contributed by atoms with Crippen LogP contribution < -0.4 is 5.32 Å². The zero-order chi connectivity index (χ0) is 18.4. The summed E-state index contributed by atoms with van der Waals surface area (Å²) in [6.45, 7) is 1.66. The molecular formula is C14H14N4O5S2. The van der Waals surface area contributed by atoms with Crippen LogP contribution in [0.5, 0.6) is 0 Å². The van der Waals surface area contributed by atoms with Gasteiger partial charge in [-0.3, -0.25) is 25.0 Å². The number of benzene rings is 1. The number of hydrogen-bond acceptors (Lipinski definition) is 9. The molecular weight excluding hydrogens is 368 g/mol. The van der Waals surface area contributed by atoms with Crippen LogP contribution in [-0.4, -0.2) is 45.1 Å². The fourth-order valence-electron chi connectivity index (χ4n) is 1.68. The molecule has 0 aliphatic rings. The van der Waals surface area contributed by atoms with Crippen molar-refractivity contribution in [1.82, 2.24) is 10.2 Å². The first-order valence-corrected chi connectivity index (χ1v) is 8.85. The van der Waals surface area contributed by atoms with E-state index in [2.05, 4.69) is 20.3 Å². The highest BCUT2D eigenvalue weighted by Gasteiger charge is 2.18. The van der Waals surface area contributed by atoms with Crippen molar-refractivity contribution in [2.75, 3.05) is 18.2 Å². The summed E-state index contributed by atoms with van der Waals surface area (Å²) in [5, 5.41) is 21.5. The summed E-state index contributed by atoms with van der Waals surface area (Å²) in [5.74, 6) is -0.663. The third kappa shape index (κ3) is 5.22. The smallest absolute Gasteiger partial charge is 0.315 e. The first kappa shape index (κ1) is 18.8. The predicted molar refractivity (Wildman–Crippen MR) is 94.6 cm³/mol. The lowest BCUT2D eigenvalue weighted by molar-refractivity contribution is -0.384. The molecule has 1 N–H and O–H groups in total. The number of anilines is 1. The molecule has 1 unspecified atom stereocenters. The second kappa shape index (κ2) is 8.53. The van der Waals surface area contributed by atoms with Crippen molar-refractivity contribution in [2.45, 2.75) is 12.2 Å². The fourth-order valence-corrected chi connectivity index (χ4v) is 3.13. The number of carbonyl (C=O) groups excluding carboxylic acids is 2. The lowest BCUT2D eigenvalue weighted by atomic mass is 10.2. The Kier molecular flexibility index (Phi) is 6.42. The van der Waals surface area contributed by atoms with E-state index in [1.165, 1.54) is 19.2 Å². The number of nitro benzene ring substituents is 1. The molecule has 11 heteroatoms. The molecule has 2 rings (SSSR count). The van der Waals surface area contributed by atoms with Crippen molar-refractivity contribution >= 4 is 45.8 Å². The van der Waals surface area contributed by atoms with Crippen LogP contribution in [0.4, 0.5) is 10.8 Å². The number of nitrogens with zero attached hydrogens (tertiary/aromatic N) is 3. The van der Waals surface area contributed by atoms with E-state index in [-0.39, 0.29) is 22.5 Å². The van der Waals surface area contributed by atoms with Gasteiger partial charge in [0.25, 0.3) is 5.69 Å². The number of aromatic nitrogens is 2. The highest BCUT2D eigenvalue weighted by molar-refractivity contribution is 8.01. The lowest BCUT2D eigenvalue weighted by Crippen LogP contribution is -2.23. The van der Waals surface area contributed by atoms with Crippen molar-refractivity contribution in [2.24, 2.45) is 0 Å². The van der Waals surface area contributed by atoms with Crippen molar-refractivity contribution in [3.8, 4) is 10.6 Å². The van der Waals surface area contributed by atoms with Gasteiger partial charge in [0.05, 0.1) is 23.0 Å². The van der Waals surface area contributed by atoms with Gasteiger partial charge in [-0.05, 0) is 6.92 Å². The van der Waals surface area contributed by atoms with E-state index < -0.39 is 16.1 Å². The molecule has 0 saturated carbocycles. The van der Waals surface area contributed by atoms with Gasteiger partial charge in [0.15, 0.2) is 0 Å². The largest absolute Gasteiger partial charge is 0.468 e. The Morgan fingerprint density at radius 1 is 1.44 bits per heavy atom. The van der Waals surface area contributed by atoms with Crippen LogP contribution in [0.1, 0.15) is 6.92 Å². The minimum atomic E-state index is -0.493. The van der Waals surface area contributed by atoms with E-state index in [4.69, 9.17) is 0 Å². The predicted octanol–water partition coefficient (Wildman–Crippen LogP) is 2.35. The first-order valence-electron chi connectivity index (χ1n) is 6.98. The summed E-state index contributed by atoms with van der Waals surface area (Å²) in [4.78, 5) is 33.5. The third-order valence-corrected chi connectivity index (χ3v) is 5.01. The summed E-state index contributed by atoms with van der Waals surface area (Å²) < 4.78 is 4.52. The van der Waals surface area contributed by atoms with Crippen LogP contribution in [0.2, 0.25) is 0 Å². The molecule has 9 nitrogen and oxygen atoms in total. The molecule has 0 bridgehead atoms. The van der Waals surface area contributed by atoms with Gasteiger partial charge in [-0.2, -0.15) is 0 Å². The van der Waals surface area contributed by atoms with Gasteiger partial charge >= 0.3 is 5.97 Å². The third-order valence-electron chi connectivity index (χ3n) is 3.01. The second-order valence-electron chi connectivity index (χ2n) is 4.74. The molecule has 0 radical (unpaired) electrons. The van der Waals surface area contributed by atoms with E-state index in [0.717, 1.165) is 23.1 Å². The van der Waals surface area contributed by atoms with Gasteiger partial charge in [-0.15, -0.1) is 22.0 Å². The average Bonchev–Trinajstić information content (AvgIpc) is 3.07. The highest BCUT2D eigenvalue weighted by Crippen LogP contribution is 2.29. The first-order chi connectivity index (χ1) is 11.9. The van der Waals surface area contributed by atoms with Crippen molar-refractivity contribution in [3.63, 3.8) is 0 Å². The SMILES string of the molecule is COC(=O)CSC(C)C(=O)Nc1nnc(-c2cccc([N+](=O)[O-])c2)s1. The van der Waals surface area contributed by atoms with Gasteiger partial charge in [-0.25, -0.2) is 0 Å². The summed E-state index contributed by atoms with van der Waals surface area (Å²) in [5.41, 5.74) is 0.492. The molecule has 0 aliphatic heterocycles. The molecule has 1 atom stereocenters. The topological polar surface area (TPSA) is 124 Å². The molecule has 0 fully saturated rings. The van der Waals surface area contributed by atoms with E-state index in [9.17, 15) is 19.7 Å². The van der Waals surface area contributed by atoms with Crippen LogP contribution >= 0.6 is 23.1 Å². The molecule has 1 aromatic carbocycles. The number of nitro groups is 1. The zero-order valence-corrected chi connectivity index (χ0v) is 14.9. The zero-order valence-electron chi connectivity index (χ0n) is 13.3. The number of nitrogens with one attached hydrogen (secondary N) is 1. The number of methoxy groups -OCH3 is 1. The van der Waals surface area contributed by atoms with Crippen molar-refractivity contribution in [3.05, 3.63) is 34.4 Å². The Morgan fingerprint density at radius 3 is 2.88 bits per heavy atom. The number of rotatable bonds is 7. The van der Waals surface area contributed by atoms with E-state index >= 15 is 0 Å². The van der Waals surface area contributed by atoms with Crippen LogP contribution in [0.25, 0.3) is 10.6 Å². The summed E-state index contributed by atoms with van der Waals surface area (Å²) in [7, 11) is 1.28. The van der Waals surface area contributed by atoms with E-state index in [0.29, 0.717) is 10.6 Å². The summed E-state index contributed by atoms with van der Waals surface area (Å²) >= 11 is 2.24. The van der Waals surface area contributed by atoms with Crippen LogP contribution in [-0.2, 0) is 14.3 Å².